The van der Waals surface area contributed by atoms with Crippen LogP contribution in [0, 0.1) is 27.7 Å². The monoisotopic (exact) mass is 546 g/mol. The van der Waals surface area contributed by atoms with E-state index in [1.807, 2.05) is 13.8 Å². The van der Waals surface area contributed by atoms with Gasteiger partial charge in [-0.05, 0) is 70.1 Å². The van der Waals surface area contributed by atoms with Gasteiger partial charge in [-0.2, -0.15) is 0 Å². The number of aldehydes is 1. The van der Waals surface area contributed by atoms with E-state index in [0.717, 1.165) is 87.7 Å². The maximum Gasteiger partial charge on any atom is 3.00 e. The Hall–Kier alpha value is -3.08. The first-order valence-corrected chi connectivity index (χ1v) is 13.5. The number of aromatic nitrogens is 4. The number of fused-ring (bicyclic) bond motifs is 9. The third kappa shape index (κ3) is 4.06. The fourth-order valence-electron chi connectivity index (χ4n) is 5.89. The minimum atomic E-state index is 0. The van der Waals surface area contributed by atoms with Crippen LogP contribution in [0.2, 0.25) is 0 Å². The molecule has 0 unspecified atom stereocenters. The average Bonchev–Trinajstić information content (AvgIpc) is 3.59. The van der Waals surface area contributed by atoms with Crippen LogP contribution < -0.4 is 15.0 Å². The van der Waals surface area contributed by atoms with Gasteiger partial charge >= 0.3 is 17.1 Å². The predicted octanol–water partition coefficient (Wildman–Crippen LogP) is 7.31. The van der Waals surface area contributed by atoms with Gasteiger partial charge in [0.15, 0.2) is 0 Å². The molecule has 38 heavy (non-hydrogen) atoms. The summed E-state index contributed by atoms with van der Waals surface area (Å²) in [5.74, 6) is 0. The second-order valence-electron chi connectivity index (χ2n) is 10.0. The van der Waals surface area contributed by atoms with Gasteiger partial charge in [0.25, 0.3) is 0 Å². The number of carbonyl (C=O) groups is 1. The summed E-state index contributed by atoms with van der Waals surface area (Å²) in [6.45, 7) is 17.0. The molecular formula is C32H35MnN4O. The zero-order chi connectivity index (χ0) is 26.6. The molecule has 0 atom stereocenters. The molecule has 1 aliphatic rings. The Morgan fingerprint density at radius 2 is 1.18 bits per heavy atom. The molecule has 6 heteroatoms. The van der Waals surface area contributed by atoms with Crippen LogP contribution in [0.25, 0.3) is 44.2 Å². The Bertz CT molecular complexity index is 1730. The Labute approximate surface area is 235 Å². The summed E-state index contributed by atoms with van der Waals surface area (Å²) < 4.78 is 0. The van der Waals surface area contributed by atoms with Crippen molar-refractivity contribution in [1.29, 1.82) is 0 Å². The molecule has 8 bridgehead atoms. The quantitative estimate of drug-likeness (QED) is 0.194. The number of hydrogen-bond donors (Lipinski definition) is 0. The third-order valence-electron chi connectivity index (χ3n) is 8.26. The third-order valence-corrected chi connectivity index (χ3v) is 8.26. The Morgan fingerprint density at radius 1 is 0.658 bits per heavy atom. The van der Waals surface area contributed by atoms with Crippen LogP contribution in [0.5, 0.6) is 0 Å². The number of rotatable bonds is 5. The van der Waals surface area contributed by atoms with E-state index in [9.17, 15) is 4.79 Å². The van der Waals surface area contributed by atoms with Gasteiger partial charge in [0, 0.05) is 0 Å². The van der Waals surface area contributed by atoms with Crippen LogP contribution in [0.3, 0.4) is 0 Å². The minimum Gasteiger partial charge on any atom is -0.657 e. The molecule has 0 fully saturated rings. The van der Waals surface area contributed by atoms with Crippen molar-refractivity contribution < 1.29 is 21.9 Å². The van der Waals surface area contributed by atoms with Crippen molar-refractivity contribution in [2.45, 2.75) is 81.1 Å². The standard InChI is InChI=1S/C32H36N4O.Mn/c1-9-20-22(11-3)31-32-23(12-4)21(10-2)28(36-32)14-26-17(6)19(8)30(34-26)24(15-37)29-18(7)16(5)25(33-29)13-27(20)35-31;/h13-15H,9-12H2,1-8H3,(H-2,33,34,35,36,37);/q-2;+3/p-1. The van der Waals surface area contributed by atoms with Gasteiger partial charge in [0.1, 0.15) is 6.29 Å². The van der Waals surface area contributed by atoms with Gasteiger partial charge in [0.2, 0.25) is 0 Å². The summed E-state index contributed by atoms with van der Waals surface area (Å²) in [5.41, 5.74) is 16.8. The van der Waals surface area contributed by atoms with Gasteiger partial charge in [0.05, 0.1) is 11.4 Å². The molecule has 4 aromatic heterocycles. The molecule has 0 spiro atoms. The number of carbonyl (C=O) groups excluding carboxylic acids is 1. The first-order chi connectivity index (χ1) is 17.8. The van der Waals surface area contributed by atoms with Gasteiger partial charge < -0.3 is 15.0 Å². The predicted molar refractivity (Wildman–Crippen MR) is 154 cm³/mol. The van der Waals surface area contributed by atoms with E-state index < -0.39 is 0 Å². The number of hydrogen-bond acceptors (Lipinski definition) is 2. The second-order valence-corrected chi connectivity index (χ2v) is 10.0. The number of nitrogens with zero attached hydrogens (tertiary/aromatic N) is 4. The van der Waals surface area contributed by atoms with E-state index >= 15 is 0 Å². The molecule has 0 radical (unpaired) electrons. The van der Waals surface area contributed by atoms with E-state index in [1.54, 1.807) is 0 Å². The van der Waals surface area contributed by atoms with Crippen LogP contribution in [0.4, 0.5) is 0 Å². The molecule has 5 nitrogen and oxygen atoms in total. The molecule has 0 aromatic carbocycles. The summed E-state index contributed by atoms with van der Waals surface area (Å²) in [7, 11) is 0. The summed E-state index contributed by atoms with van der Waals surface area (Å²) in [6, 6.07) is 4.19. The minimum absolute atomic E-state index is 0. The van der Waals surface area contributed by atoms with Crippen molar-refractivity contribution in [3.8, 4) is 0 Å². The van der Waals surface area contributed by atoms with E-state index in [4.69, 9.17) is 19.9 Å². The van der Waals surface area contributed by atoms with Crippen molar-refractivity contribution in [2.24, 2.45) is 0 Å². The van der Waals surface area contributed by atoms with Crippen molar-refractivity contribution >= 4 is 50.5 Å². The van der Waals surface area contributed by atoms with Crippen LogP contribution >= 0.6 is 0 Å². The smallest absolute Gasteiger partial charge is 0.657 e. The van der Waals surface area contributed by atoms with E-state index in [0.29, 0.717) is 16.6 Å². The summed E-state index contributed by atoms with van der Waals surface area (Å²) in [6.07, 6.45) is 4.47. The maximum absolute atomic E-state index is 12.5. The van der Waals surface area contributed by atoms with Gasteiger partial charge in [-0.15, -0.1) is 33.1 Å². The van der Waals surface area contributed by atoms with Crippen LogP contribution in [0.15, 0.2) is 12.1 Å². The Balaban J connectivity index is 0.00000336. The fourth-order valence-corrected chi connectivity index (χ4v) is 5.89. The molecular weight excluding hydrogens is 511 g/mol. The summed E-state index contributed by atoms with van der Waals surface area (Å²) in [5, 5.41) is 0. The first-order valence-electron chi connectivity index (χ1n) is 13.5. The molecule has 0 amide bonds. The van der Waals surface area contributed by atoms with E-state index in [2.05, 4.69) is 53.7 Å². The van der Waals surface area contributed by atoms with Crippen LogP contribution in [0.1, 0.15) is 95.7 Å². The van der Waals surface area contributed by atoms with Gasteiger partial charge in [-0.3, -0.25) is 4.79 Å². The molecule has 1 aliphatic heterocycles. The summed E-state index contributed by atoms with van der Waals surface area (Å²) >= 11 is 0. The normalized spacial score (nSPS) is 12.4. The van der Waals surface area contributed by atoms with E-state index in [-0.39, 0.29) is 17.1 Å². The van der Waals surface area contributed by atoms with Gasteiger partial charge in [-0.25, -0.2) is 4.98 Å². The number of aryl methyl sites for hydroxylation is 6. The van der Waals surface area contributed by atoms with Crippen LogP contribution in [-0.2, 0) is 29.9 Å². The average molecular weight is 547 g/mol. The second kappa shape index (κ2) is 10.6. The van der Waals surface area contributed by atoms with Crippen LogP contribution in [-0.4, -0.2) is 11.3 Å². The molecule has 0 saturated carbocycles. The SMILES string of the molecule is CCC1=C(CC)c2nc1cc1[n-]c(c(C)c1C)c(C=O)c1[n-]c(cc3[n-]c2c(CC)c3CC)c(C)c1C.[Mn+3]. The van der Waals surface area contributed by atoms with Gasteiger partial charge in [-0.1, -0.05) is 73.2 Å². The Kier molecular flexibility index (Phi) is 7.79. The molecule has 5 heterocycles. The summed E-state index contributed by atoms with van der Waals surface area (Å²) in [4.78, 5) is 32.9. The Morgan fingerprint density at radius 3 is 1.68 bits per heavy atom. The van der Waals surface area contributed by atoms with Crippen molar-refractivity contribution in [1.82, 2.24) is 19.9 Å². The van der Waals surface area contributed by atoms with Crippen molar-refractivity contribution in [2.75, 3.05) is 0 Å². The van der Waals surface area contributed by atoms with Crippen molar-refractivity contribution in [3.05, 3.63) is 62.5 Å². The zero-order valence-electron chi connectivity index (χ0n) is 23.6. The largest absolute Gasteiger partial charge is 3.00 e. The maximum atomic E-state index is 12.5. The molecule has 0 N–H and O–H groups in total. The topological polar surface area (TPSA) is 72.3 Å². The molecule has 0 saturated heterocycles. The molecule has 4 aromatic rings. The fraction of sp³-hybridized carbons (Fsp3) is 0.375. The van der Waals surface area contributed by atoms with E-state index in [1.165, 1.54) is 22.3 Å². The zero-order valence-corrected chi connectivity index (χ0v) is 24.8. The molecule has 196 valence electrons. The van der Waals surface area contributed by atoms with Crippen molar-refractivity contribution in [3.63, 3.8) is 0 Å². The molecule has 5 rings (SSSR count). The molecule has 0 aliphatic carbocycles. The first kappa shape index (κ1) is 27.9. The number of allylic oxidation sites excluding steroid dienone is 2.